The Morgan fingerprint density at radius 1 is 1.12 bits per heavy atom. The molecule has 0 spiro atoms. The van der Waals surface area contributed by atoms with Crippen LogP contribution in [0.1, 0.15) is 46.5 Å². The fourth-order valence-corrected chi connectivity index (χ4v) is 1.60. The van der Waals surface area contributed by atoms with Crippen molar-refractivity contribution in [2.75, 3.05) is 13.2 Å². The highest BCUT2D eigenvalue weighted by Gasteiger charge is 2.18. The van der Waals surface area contributed by atoms with Crippen molar-refractivity contribution in [2.45, 2.75) is 46.5 Å². The van der Waals surface area contributed by atoms with Crippen molar-refractivity contribution in [3.63, 3.8) is 0 Å². The van der Waals surface area contributed by atoms with Gasteiger partial charge in [0.15, 0.2) is 17.3 Å². The Balaban J connectivity index is 4.09. The lowest BCUT2D eigenvalue weighted by atomic mass is 9.96. The number of ketones is 3. The zero-order valence-corrected chi connectivity index (χ0v) is 11.0. The number of ether oxygens (including phenoxy) is 1. The van der Waals surface area contributed by atoms with E-state index in [0.29, 0.717) is 6.61 Å². The SMILES string of the molecule is CCC[C@@H](COCC(C)=O)CC(=O)C(=O)CC. The topological polar surface area (TPSA) is 60.4 Å². The third-order valence-corrected chi connectivity index (χ3v) is 2.46. The standard InChI is InChI=1S/C13H22O4/c1-4-6-11(9-17-8-10(3)14)7-13(16)12(15)5-2/h11H,4-9H2,1-3H3/t11-/m1/s1. The summed E-state index contributed by atoms with van der Waals surface area (Å²) in [5.74, 6) is -0.631. The van der Waals surface area contributed by atoms with Gasteiger partial charge in [0.2, 0.25) is 0 Å². The molecule has 0 aromatic carbocycles. The van der Waals surface area contributed by atoms with E-state index < -0.39 is 0 Å². The van der Waals surface area contributed by atoms with Crippen LogP contribution in [-0.2, 0) is 19.1 Å². The van der Waals surface area contributed by atoms with Gasteiger partial charge >= 0.3 is 0 Å². The first-order valence-corrected chi connectivity index (χ1v) is 6.14. The monoisotopic (exact) mass is 242 g/mol. The predicted octanol–water partition coefficient (Wildman–Crippen LogP) is 1.95. The third kappa shape index (κ3) is 7.80. The van der Waals surface area contributed by atoms with Gasteiger partial charge in [0.1, 0.15) is 6.61 Å². The molecule has 0 aromatic heterocycles. The van der Waals surface area contributed by atoms with E-state index in [-0.39, 0.29) is 42.7 Å². The lowest BCUT2D eigenvalue weighted by molar-refractivity contribution is -0.137. The molecule has 0 N–H and O–H groups in total. The van der Waals surface area contributed by atoms with E-state index in [1.165, 1.54) is 6.92 Å². The van der Waals surface area contributed by atoms with Gasteiger partial charge in [-0.2, -0.15) is 0 Å². The van der Waals surface area contributed by atoms with Gasteiger partial charge in [-0.3, -0.25) is 14.4 Å². The second-order valence-electron chi connectivity index (χ2n) is 4.28. The van der Waals surface area contributed by atoms with Crippen LogP contribution in [0.5, 0.6) is 0 Å². The van der Waals surface area contributed by atoms with Crippen molar-refractivity contribution in [1.82, 2.24) is 0 Å². The van der Waals surface area contributed by atoms with E-state index in [0.717, 1.165) is 12.8 Å². The summed E-state index contributed by atoms with van der Waals surface area (Å²) in [5, 5.41) is 0. The van der Waals surface area contributed by atoms with Crippen LogP contribution in [0.4, 0.5) is 0 Å². The molecule has 0 radical (unpaired) electrons. The predicted molar refractivity (Wildman–Crippen MR) is 64.8 cm³/mol. The third-order valence-electron chi connectivity index (χ3n) is 2.46. The van der Waals surface area contributed by atoms with Crippen LogP contribution in [0.3, 0.4) is 0 Å². The van der Waals surface area contributed by atoms with Crippen molar-refractivity contribution >= 4 is 17.3 Å². The summed E-state index contributed by atoms with van der Waals surface area (Å²) in [6.07, 6.45) is 2.26. The van der Waals surface area contributed by atoms with Gasteiger partial charge in [-0.25, -0.2) is 0 Å². The van der Waals surface area contributed by atoms with E-state index in [4.69, 9.17) is 4.74 Å². The van der Waals surface area contributed by atoms with E-state index >= 15 is 0 Å². The summed E-state index contributed by atoms with van der Waals surface area (Å²) >= 11 is 0. The fraction of sp³-hybridized carbons (Fsp3) is 0.769. The maximum Gasteiger partial charge on any atom is 0.198 e. The van der Waals surface area contributed by atoms with Crippen LogP contribution in [-0.4, -0.2) is 30.6 Å². The molecule has 0 heterocycles. The minimum absolute atomic E-state index is 0.0313. The molecule has 0 aliphatic carbocycles. The van der Waals surface area contributed by atoms with Gasteiger partial charge in [-0.15, -0.1) is 0 Å². The van der Waals surface area contributed by atoms with Gasteiger partial charge in [-0.05, 0) is 19.3 Å². The molecule has 0 amide bonds. The van der Waals surface area contributed by atoms with Crippen molar-refractivity contribution < 1.29 is 19.1 Å². The molecule has 4 nitrogen and oxygen atoms in total. The number of carbonyl (C=O) groups is 3. The molecule has 0 aromatic rings. The maximum absolute atomic E-state index is 11.5. The van der Waals surface area contributed by atoms with Crippen LogP contribution in [0, 0.1) is 5.92 Å². The molecule has 98 valence electrons. The molecule has 17 heavy (non-hydrogen) atoms. The Kier molecular flexibility index (Phi) is 8.50. The summed E-state index contributed by atoms with van der Waals surface area (Å²) < 4.78 is 5.21. The average Bonchev–Trinajstić information content (AvgIpc) is 2.27. The Morgan fingerprint density at radius 3 is 2.24 bits per heavy atom. The lowest BCUT2D eigenvalue weighted by Gasteiger charge is -2.14. The van der Waals surface area contributed by atoms with Crippen LogP contribution >= 0.6 is 0 Å². The highest BCUT2D eigenvalue weighted by Crippen LogP contribution is 2.13. The van der Waals surface area contributed by atoms with Gasteiger partial charge < -0.3 is 4.74 Å². The normalized spacial score (nSPS) is 12.2. The molecule has 0 rings (SSSR count). The molecule has 4 heteroatoms. The van der Waals surface area contributed by atoms with Crippen LogP contribution < -0.4 is 0 Å². The zero-order chi connectivity index (χ0) is 13.3. The maximum atomic E-state index is 11.5. The summed E-state index contributed by atoms with van der Waals surface area (Å²) in [5.41, 5.74) is 0. The summed E-state index contributed by atoms with van der Waals surface area (Å²) in [6, 6.07) is 0. The van der Waals surface area contributed by atoms with Gasteiger partial charge in [-0.1, -0.05) is 20.3 Å². The number of hydrogen-bond acceptors (Lipinski definition) is 4. The number of carbonyl (C=O) groups excluding carboxylic acids is 3. The molecule has 0 fully saturated rings. The second-order valence-corrected chi connectivity index (χ2v) is 4.28. The van der Waals surface area contributed by atoms with Gasteiger partial charge in [0, 0.05) is 12.8 Å². The second kappa shape index (κ2) is 9.05. The fourth-order valence-electron chi connectivity index (χ4n) is 1.60. The average molecular weight is 242 g/mol. The Hall–Kier alpha value is -1.03. The number of Topliss-reactive ketones (excluding diaryl/α,β-unsaturated/α-hetero) is 3. The van der Waals surface area contributed by atoms with E-state index in [1.54, 1.807) is 6.92 Å². The Bertz CT molecular complexity index is 271. The van der Waals surface area contributed by atoms with Crippen LogP contribution in [0.2, 0.25) is 0 Å². The molecular formula is C13H22O4. The molecule has 0 aliphatic rings. The number of rotatable bonds is 10. The van der Waals surface area contributed by atoms with Crippen molar-refractivity contribution in [2.24, 2.45) is 5.92 Å². The molecule has 0 unspecified atom stereocenters. The first kappa shape index (κ1) is 16.0. The summed E-state index contributed by atoms with van der Waals surface area (Å²) in [6.45, 7) is 5.61. The molecular weight excluding hydrogens is 220 g/mol. The van der Waals surface area contributed by atoms with E-state index in [1.807, 2.05) is 6.92 Å². The first-order chi connectivity index (χ1) is 8.01. The minimum atomic E-state index is -0.322. The van der Waals surface area contributed by atoms with Crippen molar-refractivity contribution in [1.29, 1.82) is 0 Å². The molecule has 0 saturated carbocycles. The molecule has 0 bridgehead atoms. The Labute approximate surface area is 103 Å². The summed E-state index contributed by atoms with van der Waals surface area (Å²) in [7, 11) is 0. The van der Waals surface area contributed by atoms with Gasteiger partial charge in [0.05, 0.1) is 6.61 Å². The number of hydrogen-bond donors (Lipinski definition) is 0. The van der Waals surface area contributed by atoms with Crippen molar-refractivity contribution in [3.05, 3.63) is 0 Å². The Morgan fingerprint density at radius 2 is 1.76 bits per heavy atom. The zero-order valence-electron chi connectivity index (χ0n) is 11.0. The van der Waals surface area contributed by atoms with Gasteiger partial charge in [0.25, 0.3) is 0 Å². The van der Waals surface area contributed by atoms with Crippen molar-refractivity contribution in [3.8, 4) is 0 Å². The molecule has 1 atom stereocenters. The highest BCUT2D eigenvalue weighted by atomic mass is 16.5. The van der Waals surface area contributed by atoms with E-state index in [9.17, 15) is 14.4 Å². The highest BCUT2D eigenvalue weighted by molar-refractivity contribution is 6.37. The lowest BCUT2D eigenvalue weighted by Crippen LogP contribution is -2.21. The van der Waals surface area contributed by atoms with Crippen LogP contribution in [0.15, 0.2) is 0 Å². The quantitative estimate of drug-likeness (QED) is 0.549. The largest absolute Gasteiger partial charge is 0.373 e. The molecule has 0 saturated heterocycles. The smallest absolute Gasteiger partial charge is 0.198 e. The minimum Gasteiger partial charge on any atom is -0.373 e. The first-order valence-electron chi connectivity index (χ1n) is 6.14. The van der Waals surface area contributed by atoms with E-state index in [2.05, 4.69) is 0 Å². The van der Waals surface area contributed by atoms with Crippen LogP contribution in [0.25, 0.3) is 0 Å². The summed E-state index contributed by atoms with van der Waals surface area (Å²) in [4.78, 5) is 33.4. The molecule has 0 aliphatic heterocycles.